The standard InChI is InChI=1S/C10H20O2S/c1-3-4-5-6-7-10(13)8-12-9(2)11/h10,13H,3-8H2,1-2H3/t10-/m0/s1. The van der Waals surface area contributed by atoms with Gasteiger partial charge in [0.15, 0.2) is 0 Å². The molecular weight excluding hydrogens is 184 g/mol. The Morgan fingerprint density at radius 2 is 2.08 bits per heavy atom. The molecule has 0 unspecified atom stereocenters. The number of carbonyl (C=O) groups is 1. The quantitative estimate of drug-likeness (QED) is 0.392. The van der Waals surface area contributed by atoms with E-state index in [4.69, 9.17) is 4.74 Å². The number of hydrogen-bond donors (Lipinski definition) is 1. The molecule has 0 amide bonds. The predicted molar refractivity (Wildman–Crippen MR) is 58.2 cm³/mol. The van der Waals surface area contributed by atoms with Gasteiger partial charge in [-0.1, -0.05) is 32.6 Å². The molecule has 0 aliphatic rings. The van der Waals surface area contributed by atoms with Crippen LogP contribution in [-0.2, 0) is 9.53 Å². The fourth-order valence-corrected chi connectivity index (χ4v) is 1.36. The molecule has 3 heteroatoms. The van der Waals surface area contributed by atoms with Crippen molar-refractivity contribution in [2.75, 3.05) is 6.61 Å². The van der Waals surface area contributed by atoms with Gasteiger partial charge in [-0.15, -0.1) is 0 Å². The van der Waals surface area contributed by atoms with Gasteiger partial charge in [0, 0.05) is 12.2 Å². The molecule has 13 heavy (non-hydrogen) atoms. The second-order valence-electron chi connectivity index (χ2n) is 3.31. The molecule has 0 aromatic rings. The van der Waals surface area contributed by atoms with Gasteiger partial charge < -0.3 is 4.74 Å². The molecule has 0 N–H and O–H groups in total. The van der Waals surface area contributed by atoms with Gasteiger partial charge >= 0.3 is 5.97 Å². The van der Waals surface area contributed by atoms with Gasteiger partial charge in [0.25, 0.3) is 0 Å². The highest BCUT2D eigenvalue weighted by molar-refractivity contribution is 7.81. The molecule has 0 heterocycles. The van der Waals surface area contributed by atoms with Crippen LogP contribution in [-0.4, -0.2) is 17.8 Å². The van der Waals surface area contributed by atoms with Gasteiger partial charge in [0.2, 0.25) is 0 Å². The van der Waals surface area contributed by atoms with Crippen LogP contribution in [0.5, 0.6) is 0 Å². The Hall–Kier alpha value is -0.180. The van der Waals surface area contributed by atoms with E-state index in [-0.39, 0.29) is 11.2 Å². The number of unbranched alkanes of at least 4 members (excludes halogenated alkanes) is 3. The van der Waals surface area contributed by atoms with Crippen molar-refractivity contribution in [3.05, 3.63) is 0 Å². The Bertz CT molecular complexity index is 137. The van der Waals surface area contributed by atoms with Crippen molar-refractivity contribution in [2.45, 2.75) is 51.2 Å². The highest BCUT2D eigenvalue weighted by Gasteiger charge is 2.04. The lowest BCUT2D eigenvalue weighted by Gasteiger charge is -2.09. The minimum atomic E-state index is -0.215. The summed E-state index contributed by atoms with van der Waals surface area (Å²) in [5.41, 5.74) is 0. The maximum Gasteiger partial charge on any atom is 0.302 e. The number of thiol groups is 1. The van der Waals surface area contributed by atoms with E-state index in [1.54, 1.807) is 0 Å². The van der Waals surface area contributed by atoms with Crippen LogP contribution < -0.4 is 0 Å². The lowest BCUT2D eigenvalue weighted by molar-refractivity contribution is -0.140. The summed E-state index contributed by atoms with van der Waals surface area (Å²) in [4.78, 5) is 10.5. The van der Waals surface area contributed by atoms with E-state index in [2.05, 4.69) is 19.6 Å². The molecule has 0 aromatic carbocycles. The molecule has 0 saturated carbocycles. The largest absolute Gasteiger partial charge is 0.465 e. The van der Waals surface area contributed by atoms with E-state index < -0.39 is 0 Å². The molecule has 2 nitrogen and oxygen atoms in total. The van der Waals surface area contributed by atoms with Crippen LogP contribution in [0.3, 0.4) is 0 Å². The average molecular weight is 204 g/mol. The fourth-order valence-electron chi connectivity index (χ4n) is 1.10. The van der Waals surface area contributed by atoms with Crippen molar-refractivity contribution in [3.63, 3.8) is 0 Å². The third kappa shape index (κ3) is 9.74. The van der Waals surface area contributed by atoms with Crippen LogP contribution in [0.1, 0.15) is 46.0 Å². The second-order valence-corrected chi connectivity index (χ2v) is 4.04. The van der Waals surface area contributed by atoms with Crippen molar-refractivity contribution >= 4 is 18.6 Å². The van der Waals surface area contributed by atoms with Gasteiger partial charge in [0.1, 0.15) is 6.61 Å². The smallest absolute Gasteiger partial charge is 0.302 e. The van der Waals surface area contributed by atoms with Gasteiger partial charge in [-0.05, 0) is 6.42 Å². The van der Waals surface area contributed by atoms with Gasteiger partial charge in [-0.3, -0.25) is 4.79 Å². The molecule has 0 rings (SSSR count). The molecule has 0 bridgehead atoms. The summed E-state index contributed by atoms with van der Waals surface area (Å²) in [6, 6.07) is 0. The molecule has 0 saturated heterocycles. The molecular formula is C10H20O2S. The Morgan fingerprint density at radius 3 is 2.62 bits per heavy atom. The predicted octanol–water partition coefficient (Wildman–Crippen LogP) is 2.82. The fraction of sp³-hybridized carbons (Fsp3) is 0.900. The zero-order chi connectivity index (χ0) is 10.1. The van der Waals surface area contributed by atoms with E-state index in [0.717, 1.165) is 6.42 Å². The van der Waals surface area contributed by atoms with Crippen LogP contribution in [0.2, 0.25) is 0 Å². The summed E-state index contributed by atoms with van der Waals surface area (Å²) < 4.78 is 4.85. The third-order valence-electron chi connectivity index (χ3n) is 1.87. The Kier molecular flexibility index (Phi) is 8.30. The molecule has 0 radical (unpaired) electrons. The van der Waals surface area contributed by atoms with Crippen molar-refractivity contribution in [3.8, 4) is 0 Å². The molecule has 0 spiro atoms. The van der Waals surface area contributed by atoms with Crippen molar-refractivity contribution in [1.82, 2.24) is 0 Å². The molecule has 0 aliphatic heterocycles. The SMILES string of the molecule is CCCCCC[C@H](S)COC(C)=O. The first-order valence-electron chi connectivity index (χ1n) is 4.98. The number of rotatable bonds is 7. The molecule has 78 valence electrons. The number of esters is 1. The van der Waals surface area contributed by atoms with E-state index in [1.165, 1.54) is 32.6 Å². The van der Waals surface area contributed by atoms with Crippen LogP contribution >= 0.6 is 12.6 Å². The van der Waals surface area contributed by atoms with Crippen molar-refractivity contribution in [2.24, 2.45) is 0 Å². The lowest BCUT2D eigenvalue weighted by Crippen LogP contribution is -2.11. The number of hydrogen-bond acceptors (Lipinski definition) is 3. The summed E-state index contributed by atoms with van der Waals surface area (Å²) in [5, 5.41) is 0.209. The number of carbonyl (C=O) groups excluding carboxylic acids is 1. The summed E-state index contributed by atoms with van der Waals surface area (Å²) >= 11 is 4.33. The number of ether oxygens (including phenoxy) is 1. The normalized spacial score (nSPS) is 12.5. The van der Waals surface area contributed by atoms with E-state index in [0.29, 0.717) is 6.61 Å². The first kappa shape index (κ1) is 12.8. The summed E-state index contributed by atoms with van der Waals surface area (Å²) in [6.07, 6.45) is 6.02. The maximum absolute atomic E-state index is 10.5. The van der Waals surface area contributed by atoms with Crippen LogP contribution in [0.4, 0.5) is 0 Å². The molecule has 0 fully saturated rings. The summed E-state index contributed by atoms with van der Waals surface area (Å²) in [7, 11) is 0. The Morgan fingerprint density at radius 1 is 1.38 bits per heavy atom. The molecule has 0 aliphatic carbocycles. The van der Waals surface area contributed by atoms with E-state index in [1.807, 2.05) is 0 Å². The van der Waals surface area contributed by atoms with Crippen LogP contribution in [0.25, 0.3) is 0 Å². The van der Waals surface area contributed by atoms with Crippen LogP contribution in [0, 0.1) is 0 Å². The van der Waals surface area contributed by atoms with E-state index >= 15 is 0 Å². The van der Waals surface area contributed by atoms with Crippen LogP contribution in [0.15, 0.2) is 0 Å². The third-order valence-corrected chi connectivity index (χ3v) is 2.28. The van der Waals surface area contributed by atoms with Gasteiger partial charge in [-0.25, -0.2) is 0 Å². The summed E-state index contributed by atoms with van der Waals surface area (Å²) in [5.74, 6) is -0.215. The molecule has 0 aromatic heterocycles. The minimum Gasteiger partial charge on any atom is -0.465 e. The molecule has 1 atom stereocenters. The average Bonchev–Trinajstić information content (AvgIpc) is 2.09. The van der Waals surface area contributed by atoms with Crippen molar-refractivity contribution < 1.29 is 9.53 Å². The monoisotopic (exact) mass is 204 g/mol. The maximum atomic E-state index is 10.5. The zero-order valence-corrected chi connectivity index (χ0v) is 9.48. The highest BCUT2D eigenvalue weighted by Crippen LogP contribution is 2.10. The van der Waals surface area contributed by atoms with Gasteiger partial charge in [0.05, 0.1) is 0 Å². The van der Waals surface area contributed by atoms with Crippen molar-refractivity contribution in [1.29, 1.82) is 0 Å². The first-order valence-corrected chi connectivity index (χ1v) is 5.50. The Labute approximate surface area is 86.5 Å². The Balaban J connectivity index is 3.19. The topological polar surface area (TPSA) is 26.3 Å². The second kappa shape index (κ2) is 8.42. The zero-order valence-electron chi connectivity index (χ0n) is 8.58. The highest BCUT2D eigenvalue weighted by atomic mass is 32.1. The summed E-state index contributed by atoms with van der Waals surface area (Å²) in [6.45, 7) is 4.07. The first-order chi connectivity index (χ1) is 6.16. The van der Waals surface area contributed by atoms with Gasteiger partial charge in [-0.2, -0.15) is 12.6 Å². The lowest BCUT2D eigenvalue weighted by atomic mass is 10.1. The minimum absolute atomic E-state index is 0.209. The van der Waals surface area contributed by atoms with E-state index in [9.17, 15) is 4.79 Å².